The maximum atomic E-state index is 12.6. The summed E-state index contributed by atoms with van der Waals surface area (Å²) in [5.41, 5.74) is 0.767. The Kier molecular flexibility index (Phi) is 7.70. The number of nitrogens with one attached hydrogen (secondary N) is 3. The van der Waals surface area contributed by atoms with Crippen LogP contribution in [0.2, 0.25) is 0 Å². The standard InChI is InChI=1S/C20H24N4O6/c1-13(20(26)22-17-9-8-15(24(27)28)11-18(17)30-4)23(2)12-19(25)21-14-6-5-7-16(10-14)29-3/h5-11,13H,12H2,1-4H3,(H,21,25)(H,22,26)/p+1/t13-/m0/s1. The number of carbonyl (C=O) groups is 2. The van der Waals surface area contributed by atoms with Crippen LogP contribution in [0.25, 0.3) is 0 Å². The number of methoxy groups -OCH3 is 2. The number of ether oxygens (including phenoxy) is 2. The first-order chi connectivity index (χ1) is 14.2. The van der Waals surface area contributed by atoms with Crippen molar-refractivity contribution < 1.29 is 28.9 Å². The van der Waals surface area contributed by atoms with E-state index in [9.17, 15) is 19.7 Å². The van der Waals surface area contributed by atoms with Crippen LogP contribution in [0.4, 0.5) is 17.1 Å². The molecule has 10 nitrogen and oxygen atoms in total. The summed E-state index contributed by atoms with van der Waals surface area (Å²) >= 11 is 0. The molecule has 10 heteroatoms. The molecule has 0 spiro atoms. The lowest BCUT2D eigenvalue weighted by Crippen LogP contribution is -3.14. The molecule has 2 aromatic rings. The Morgan fingerprint density at radius 2 is 1.87 bits per heavy atom. The topological polar surface area (TPSA) is 124 Å². The van der Waals surface area contributed by atoms with Crippen molar-refractivity contribution in [2.45, 2.75) is 13.0 Å². The van der Waals surface area contributed by atoms with E-state index in [1.165, 1.54) is 25.3 Å². The average molecular weight is 417 g/mol. The summed E-state index contributed by atoms with van der Waals surface area (Å²) in [6, 6.07) is 10.3. The van der Waals surface area contributed by atoms with E-state index in [1.54, 1.807) is 45.3 Å². The maximum absolute atomic E-state index is 12.6. The van der Waals surface area contributed by atoms with Crippen molar-refractivity contribution in [1.29, 1.82) is 0 Å². The maximum Gasteiger partial charge on any atom is 0.282 e. The lowest BCUT2D eigenvalue weighted by Gasteiger charge is -2.21. The van der Waals surface area contributed by atoms with Crippen LogP contribution in [0.3, 0.4) is 0 Å². The number of benzene rings is 2. The second kappa shape index (κ2) is 10.2. The van der Waals surface area contributed by atoms with Crippen molar-refractivity contribution >= 4 is 28.9 Å². The zero-order valence-electron chi connectivity index (χ0n) is 17.2. The van der Waals surface area contributed by atoms with Gasteiger partial charge in [-0.1, -0.05) is 6.07 Å². The number of carbonyl (C=O) groups excluding carboxylic acids is 2. The summed E-state index contributed by atoms with van der Waals surface area (Å²) in [4.78, 5) is 35.9. The van der Waals surface area contributed by atoms with Crippen molar-refractivity contribution in [1.82, 2.24) is 0 Å². The highest BCUT2D eigenvalue weighted by atomic mass is 16.6. The van der Waals surface area contributed by atoms with E-state index in [1.807, 2.05) is 0 Å². The number of likely N-dealkylation sites (N-methyl/N-ethyl adjacent to an activating group) is 1. The minimum absolute atomic E-state index is 0.0587. The molecular weight excluding hydrogens is 392 g/mol. The molecule has 2 atom stereocenters. The van der Waals surface area contributed by atoms with Gasteiger partial charge in [-0.25, -0.2) is 0 Å². The summed E-state index contributed by atoms with van der Waals surface area (Å²) in [6.45, 7) is 1.74. The zero-order chi connectivity index (χ0) is 22.3. The van der Waals surface area contributed by atoms with Crippen molar-refractivity contribution in [2.24, 2.45) is 0 Å². The number of non-ortho nitro benzene ring substituents is 1. The van der Waals surface area contributed by atoms with E-state index >= 15 is 0 Å². The number of rotatable bonds is 9. The number of hydrogen-bond donors (Lipinski definition) is 3. The summed E-state index contributed by atoms with van der Waals surface area (Å²) in [6.07, 6.45) is 0. The molecule has 0 saturated heterocycles. The second-order valence-electron chi connectivity index (χ2n) is 6.66. The number of amides is 2. The van der Waals surface area contributed by atoms with Crippen molar-refractivity contribution in [2.75, 3.05) is 38.4 Å². The van der Waals surface area contributed by atoms with Gasteiger partial charge in [0.25, 0.3) is 17.5 Å². The van der Waals surface area contributed by atoms with Gasteiger partial charge in [-0.3, -0.25) is 19.7 Å². The number of nitrogens with zero attached hydrogens (tertiary/aromatic N) is 1. The van der Waals surface area contributed by atoms with Gasteiger partial charge in [-0.15, -0.1) is 0 Å². The van der Waals surface area contributed by atoms with Gasteiger partial charge >= 0.3 is 0 Å². The summed E-state index contributed by atoms with van der Waals surface area (Å²) in [7, 11) is 4.62. The number of anilines is 2. The van der Waals surface area contributed by atoms with Gasteiger partial charge < -0.3 is 25.0 Å². The first kappa shape index (κ1) is 22.6. The number of hydrogen-bond acceptors (Lipinski definition) is 6. The second-order valence-corrected chi connectivity index (χ2v) is 6.66. The van der Waals surface area contributed by atoms with Gasteiger partial charge in [0.15, 0.2) is 12.6 Å². The molecule has 2 aromatic carbocycles. The fourth-order valence-electron chi connectivity index (χ4n) is 2.67. The van der Waals surface area contributed by atoms with Crippen LogP contribution >= 0.6 is 0 Å². The van der Waals surface area contributed by atoms with Crippen molar-refractivity contribution in [3.05, 3.63) is 52.6 Å². The average Bonchev–Trinajstić information content (AvgIpc) is 2.73. The Morgan fingerprint density at radius 1 is 1.13 bits per heavy atom. The van der Waals surface area contributed by atoms with Gasteiger partial charge in [0, 0.05) is 17.8 Å². The molecule has 160 valence electrons. The third kappa shape index (κ3) is 5.92. The third-order valence-electron chi connectivity index (χ3n) is 4.58. The predicted molar refractivity (Wildman–Crippen MR) is 111 cm³/mol. The Labute approximate surface area is 173 Å². The third-order valence-corrected chi connectivity index (χ3v) is 4.58. The molecule has 0 bridgehead atoms. The molecule has 1 unspecified atom stereocenters. The largest absolute Gasteiger partial charge is 0.497 e. The lowest BCUT2D eigenvalue weighted by molar-refractivity contribution is -0.885. The quantitative estimate of drug-likeness (QED) is 0.414. The molecule has 0 radical (unpaired) electrons. The summed E-state index contributed by atoms with van der Waals surface area (Å²) < 4.78 is 10.3. The minimum atomic E-state index is -0.569. The van der Waals surface area contributed by atoms with E-state index in [0.29, 0.717) is 22.0 Å². The van der Waals surface area contributed by atoms with Crippen LogP contribution < -0.4 is 25.0 Å². The SMILES string of the molecule is COc1cccc(NC(=O)C[NH+](C)[C@@H](C)C(=O)Nc2ccc([N+](=O)[O-])cc2OC)c1. The zero-order valence-corrected chi connectivity index (χ0v) is 17.2. The highest BCUT2D eigenvalue weighted by Crippen LogP contribution is 2.29. The summed E-state index contributed by atoms with van der Waals surface area (Å²) in [5.74, 6) is 0.193. The summed E-state index contributed by atoms with van der Waals surface area (Å²) in [5, 5.41) is 16.3. The van der Waals surface area contributed by atoms with E-state index in [0.717, 1.165) is 0 Å². The van der Waals surface area contributed by atoms with Crippen molar-refractivity contribution in [3.63, 3.8) is 0 Å². The van der Waals surface area contributed by atoms with E-state index < -0.39 is 11.0 Å². The molecule has 0 aliphatic heterocycles. The molecule has 0 aromatic heterocycles. The first-order valence-corrected chi connectivity index (χ1v) is 9.14. The fraction of sp³-hybridized carbons (Fsp3) is 0.300. The monoisotopic (exact) mass is 417 g/mol. The van der Waals surface area contributed by atoms with Gasteiger partial charge in [0.05, 0.1) is 37.9 Å². The minimum Gasteiger partial charge on any atom is -0.497 e. The molecule has 0 aliphatic rings. The number of quaternary nitrogens is 1. The molecular formula is C20H25N4O6+. The molecule has 30 heavy (non-hydrogen) atoms. The Bertz CT molecular complexity index is 933. The molecule has 2 rings (SSSR count). The number of nitro benzene ring substituents is 1. The van der Waals surface area contributed by atoms with Gasteiger partial charge in [0.2, 0.25) is 0 Å². The Hall–Kier alpha value is -3.66. The van der Waals surface area contributed by atoms with Crippen LogP contribution in [-0.2, 0) is 9.59 Å². The number of nitro groups is 1. The van der Waals surface area contributed by atoms with Crippen LogP contribution in [0.15, 0.2) is 42.5 Å². The molecule has 0 fully saturated rings. The molecule has 0 heterocycles. The highest BCUT2D eigenvalue weighted by molar-refractivity contribution is 5.96. The van der Waals surface area contributed by atoms with E-state index in [2.05, 4.69) is 10.6 Å². The Morgan fingerprint density at radius 3 is 2.50 bits per heavy atom. The molecule has 2 amide bonds. The van der Waals surface area contributed by atoms with Crippen LogP contribution in [0, 0.1) is 10.1 Å². The molecule has 0 saturated carbocycles. The predicted octanol–water partition coefficient (Wildman–Crippen LogP) is 1.09. The van der Waals surface area contributed by atoms with Crippen LogP contribution in [-0.4, -0.2) is 50.6 Å². The fourth-order valence-corrected chi connectivity index (χ4v) is 2.67. The highest BCUT2D eigenvalue weighted by Gasteiger charge is 2.25. The van der Waals surface area contributed by atoms with Crippen LogP contribution in [0.1, 0.15) is 6.92 Å². The molecule has 3 N–H and O–H groups in total. The first-order valence-electron chi connectivity index (χ1n) is 9.14. The van der Waals surface area contributed by atoms with Crippen molar-refractivity contribution in [3.8, 4) is 11.5 Å². The smallest absolute Gasteiger partial charge is 0.282 e. The van der Waals surface area contributed by atoms with Gasteiger partial charge in [-0.05, 0) is 25.1 Å². The Balaban J connectivity index is 1.98. The normalized spacial score (nSPS) is 12.4. The molecule has 0 aliphatic carbocycles. The van der Waals surface area contributed by atoms with E-state index in [-0.39, 0.29) is 29.8 Å². The van der Waals surface area contributed by atoms with Gasteiger partial charge in [-0.2, -0.15) is 0 Å². The van der Waals surface area contributed by atoms with E-state index in [4.69, 9.17) is 9.47 Å². The lowest BCUT2D eigenvalue weighted by atomic mass is 10.2. The van der Waals surface area contributed by atoms with Gasteiger partial charge in [0.1, 0.15) is 11.5 Å². The van der Waals surface area contributed by atoms with Crippen LogP contribution in [0.5, 0.6) is 11.5 Å².